The Kier molecular flexibility index (Phi) is 4.63. The van der Waals surface area contributed by atoms with Crippen LogP contribution < -0.4 is 4.74 Å². The Morgan fingerprint density at radius 1 is 1.15 bits per heavy atom. The zero-order valence-corrected chi connectivity index (χ0v) is 15.6. The maximum Gasteiger partial charge on any atom is 0.271 e. The van der Waals surface area contributed by atoms with E-state index < -0.39 is 5.72 Å². The molecular formula is C21H24N2O4. The summed E-state index contributed by atoms with van der Waals surface area (Å²) in [5.74, 6) is 0.511. The van der Waals surface area contributed by atoms with Gasteiger partial charge in [-0.15, -0.1) is 0 Å². The Hall–Kier alpha value is -2.41. The van der Waals surface area contributed by atoms with Crippen molar-refractivity contribution in [2.75, 3.05) is 27.4 Å². The molecule has 0 aromatic heterocycles. The Balaban J connectivity index is 1.84. The van der Waals surface area contributed by atoms with Crippen molar-refractivity contribution < 1.29 is 19.4 Å². The normalized spacial score (nSPS) is 25.1. The smallest absolute Gasteiger partial charge is 0.271 e. The summed E-state index contributed by atoms with van der Waals surface area (Å²) in [5.41, 5.74) is 0.197. The topological polar surface area (TPSA) is 62.2 Å². The van der Waals surface area contributed by atoms with Gasteiger partial charge in [0, 0.05) is 30.3 Å². The fourth-order valence-corrected chi connectivity index (χ4v) is 4.20. The number of carbonyl (C=O) groups is 1. The molecule has 0 saturated carbocycles. The molecule has 4 rings (SSSR count). The molecule has 142 valence electrons. The lowest BCUT2D eigenvalue weighted by Gasteiger charge is -2.42. The van der Waals surface area contributed by atoms with Crippen molar-refractivity contribution in [3.63, 3.8) is 0 Å². The Morgan fingerprint density at radius 3 is 2.59 bits per heavy atom. The summed E-state index contributed by atoms with van der Waals surface area (Å²) in [6, 6.07) is 14.5. The highest BCUT2D eigenvalue weighted by molar-refractivity contribution is 6.00. The van der Waals surface area contributed by atoms with Gasteiger partial charge < -0.3 is 14.6 Å². The Bertz CT molecular complexity index is 838. The van der Waals surface area contributed by atoms with Crippen LogP contribution in [0.15, 0.2) is 48.5 Å². The van der Waals surface area contributed by atoms with E-state index in [2.05, 4.69) is 0 Å². The minimum absolute atomic E-state index is 0.0537. The predicted octanol–water partition coefficient (Wildman–Crippen LogP) is 2.37. The van der Waals surface area contributed by atoms with Gasteiger partial charge in [-0.05, 0) is 31.0 Å². The molecule has 0 radical (unpaired) electrons. The second-order valence-electron chi connectivity index (χ2n) is 6.98. The average molecular weight is 368 g/mol. The summed E-state index contributed by atoms with van der Waals surface area (Å²) in [6.45, 7) is 1.21. The molecule has 1 fully saturated rings. The van der Waals surface area contributed by atoms with Gasteiger partial charge in [-0.3, -0.25) is 4.79 Å². The molecule has 1 amide bonds. The van der Waals surface area contributed by atoms with Crippen LogP contribution in [0, 0.1) is 0 Å². The van der Waals surface area contributed by atoms with E-state index in [0.29, 0.717) is 35.6 Å². The van der Waals surface area contributed by atoms with Crippen LogP contribution in [0.1, 0.15) is 34.3 Å². The third kappa shape index (κ3) is 2.72. The zero-order chi connectivity index (χ0) is 19.0. The van der Waals surface area contributed by atoms with E-state index in [1.54, 1.807) is 32.4 Å². The number of ether oxygens (including phenoxy) is 2. The minimum Gasteiger partial charge on any atom is -0.497 e. The van der Waals surface area contributed by atoms with Crippen LogP contribution in [0.4, 0.5) is 0 Å². The predicted molar refractivity (Wildman–Crippen MR) is 100 cm³/mol. The van der Waals surface area contributed by atoms with Gasteiger partial charge in [0.25, 0.3) is 5.91 Å². The third-order valence-electron chi connectivity index (χ3n) is 5.49. The summed E-state index contributed by atoms with van der Waals surface area (Å²) in [6.07, 6.45) is 1.87. The summed E-state index contributed by atoms with van der Waals surface area (Å²) in [5, 5.41) is 15.4. The monoisotopic (exact) mass is 368 g/mol. The van der Waals surface area contributed by atoms with E-state index in [9.17, 15) is 9.90 Å². The molecule has 2 atom stereocenters. The maximum atomic E-state index is 13.3. The van der Waals surface area contributed by atoms with Crippen LogP contribution in [-0.2, 0) is 10.5 Å². The van der Waals surface area contributed by atoms with Gasteiger partial charge in [-0.25, -0.2) is 10.0 Å². The lowest BCUT2D eigenvalue weighted by atomic mass is 9.94. The molecule has 2 aliphatic rings. The number of hydrogen-bond donors (Lipinski definition) is 1. The van der Waals surface area contributed by atoms with Crippen molar-refractivity contribution >= 4 is 5.91 Å². The van der Waals surface area contributed by atoms with Crippen molar-refractivity contribution in [1.29, 1.82) is 0 Å². The summed E-state index contributed by atoms with van der Waals surface area (Å²) >= 11 is 0. The van der Waals surface area contributed by atoms with Crippen LogP contribution >= 0.6 is 0 Å². The number of hydrogen-bond acceptors (Lipinski definition) is 5. The lowest BCUT2D eigenvalue weighted by Crippen LogP contribution is -2.57. The number of rotatable bonds is 5. The molecule has 2 aromatic rings. The highest BCUT2D eigenvalue weighted by atomic mass is 16.5. The molecule has 0 aliphatic carbocycles. The number of hydrazine groups is 1. The van der Waals surface area contributed by atoms with Gasteiger partial charge in [-0.2, -0.15) is 0 Å². The van der Waals surface area contributed by atoms with Crippen LogP contribution in [-0.4, -0.2) is 54.4 Å². The Morgan fingerprint density at radius 2 is 1.89 bits per heavy atom. The van der Waals surface area contributed by atoms with E-state index >= 15 is 0 Å². The van der Waals surface area contributed by atoms with Crippen LogP contribution in [0.5, 0.6) is 5.75 Å². The SMILES string of the molecule is COC[C@@H]1CCCN1N1C(=O)c2ccccc2C1(O)c1ccc(OC)cc1. The van der Waals surface area contributed by atoms with E-state index in [4.69, 9.17) is 9.47 Å². The number of amides is 1. The average Bonchev–Trinajstić information content (AvgIpc) is 3.24. The fourth-order valence-electron chi connectivity index (χ4n) is 4.20. The molecule has 27 heavy (non-hydrogen) atoms. The number of aliphatic hydroxyl groups is 1. The molecule has 0 bridgehead atoms. The van der Waals surface area contributed by atoms with E-state index in [1.165, 1.54) is 5.01 Å². The first kappa shape index (κ1) is 18.0. The molecule has 6 nitrogen and oxygen atoms in total. The second kappa shape index (κ2) is 6.96. The van der Waals surface area contributed by atoms with Gasteiger partial charge in [-0.1, -0.05) is 30.3 Å². The lowest BCUT2D eigenvalue weighted by molar-refractivity contribution is -0.166. The molecule has 1 N–H and O–H groups in total. The first-order chi connectivity index (χ1) is 13.1. The molecule has 1 unspecified atom stereocenters. The minimum atomic E-state index is -1.56. The second-order valence-corrected chi connectivity index (χ2v) is 6.98. The number of fused-ring (bicyclic) bond motifs is 1. The van der Waals surface area contributed by atoms with E-state index in [0.717, 1.165) is 12.8 Å². The van der Waals surface area contributed by atoms with Crippen molar-refractivity contribution in [1.82, 2.24) is 10.0 Å². The summed E-state index contributed by atoms with van der Waals surface area (Å²) in [4.78, 5) is 13.3. The number of nitrogens with zero attached hydrogens (tertiary/aromatic N) is 2. The molecule has 0 spiro atoms. The van der Waals surface area contributed by atoms with E-state index in [1.807, 2.05) is 35.3 Å². The van der Waals surface area contributed by atoms with Gasteiger partial charge in [0.2, 0.25) is 5.72 Å². The molecule has 2 heterocycles. The largest absolute Gasteiger partial charge is 0.497 e. The summed E-state index contributed by atoms with van der Waals surface area (Å²) < 4.78 is 10.6. The number of carbonyl (C=O) groups excluding carboxylic acids is 1. The fraction of sp³-hybridized carbons (Fsp3) is 0.381. The number of benzene rings is 2. The van der Waals surface area contributed by atoms with Crippen molar-refractivity contribution in [3.05, 3.63) is 65.2 Å². The first-order valence-electron chi connectivity index (χ1n) is 9.17. The van der Waals surface area contributed by atoms with E-state index in [-0.39, 0.29) is 11.9 Å². The van der Waals surface area contributed by atoms with Gasteiger partial charge in [0.15, 0.2) is 0 Å². The molecule has 1 saturated heterocycles. The molecular weight excluding hydrogens is 344 g/mol. The van der Waals surface area contributed by atoms with Gasteiger partial charge >= 0.3 is 0 Å². The summed E-state index contributed by atoms with van der Waals surface area (Å²) in [7, 11) is 3.26. The first-order valence-corrected chi connectivity index (χ1v) is 9.17. The highest BCUT2D eigenvalue weighted by Gasteiger charge is 2.54. The van der Waals surface area contributed by atoms with Crippen LogP contribution in [0.2, 0.25) is 0 Å². The maximum absolute atomic E-state index is 13.3. The van der Waals surface area contributed by atoms with Crippen LogP contribution in [0.3, 0.4) is 0 Å². The third-order valence-corrected chi connectivity index (χ3v) is 5.49. The van der Waals surface area contributed by atoms with Crippen LogP contribution in [0.25, 0.3) is 0 Å². The van der Waals surface area contributed by atoms with Crippen molar-refractivity contribution in [2.45, 2.75) is 24.6 Å². The highest BCUT2D eigenvalue weighted by Crippen LogP contribution is 2.45. The number of methoxy groups -OCH3 is 2. The van der Waals surface area contributed by atoms with Crippen molar-refractivity contribution in [2.24, 2.45) is 0 Å². The standard InChI is InChI=1S/C21H24N2O4/c1-26-14-16-6-5-13-22(16)23-20(24)18-7-3-4-8-19(18)21(23,25)15-9-11-17(27-2)12-10-15/h3-4,7-12,16,25H,5-6,13-14H2,1-2H3/t16-,21?/m0/s1. The van der Waals surface area contributed by atoms with Gasteiger partial charge in [0.05, 0.1) is 19.8 Å². The molecule has 2 aliphatic heterocycles. The quantitative estimate of drug-likeness (QED) is 0.878. The van der Waals surface area contributed by atoms with Crippen molar-refractivity contribution in [3.8, 4) is 5.75 Å². The molecule has 2 aromatic carbocycles. The molecule has 6 heteroatoms. The Labute approximate surface area is 158 Å². The zero-order valence-electron chi connectivity index (χ0n) is 15.6. The van der Waals surface area contributed by atoms with Gasteiger partial charge in [0.1, 0.15) is 5.75 Å².